The van der Waals surface area contributed by atoms with Crippen molar-refractivity contribution in [1.29, 1.82) is 0 Å². The van der Waals surface area contributed by atoms with Gasteiger partial charge in [-0.3, -0.25) is 0 Å². The zero-order valence-electron chi connectivity index (χ0n) is 10.8. The molecule has 0 fully saturated rings. The lowest BCUT2D eigenvalue weighted by molar-refractivity contribution is 0.252. The van der Waals surface area contributed by atoms with Gasteiger partial charge in [-0.1, -0.05) is 24.6 Å². The van der Waals surface area contributed by atoms with Crippen LogP contribution in [0.25, 0.3) is 0 Å². The molecule has 1 rings (SSSR count). The van der Waals surface area contributed by atoms with E-state index in [0.717, 1.165) is 25.1 Å². The monoisotopic (exact) mass is 269 g/mol. The van der Waals surface area contributed by atoms with Crippen LogP contribution in [0, 0.1) is 6.92 Å². The lowest BCUT2D eigenvalue weighted by Gasteiger charge is -2.08. The Kier molecular flexibility index (Phi) is 6.54. The predicted octanol–water partition coefficient (Wildman–Crippen LogP) is 2.77. The van der Waals surface area contributed by atoms with Crippen molar-refractivity contribution in [3.63, 3.8) is 0 Å². The molecule has 2 amide bonds. The standard InChI is InChI=1S/C13H20ClN3O/c1-3-15-7-4-8-16-13(18)17-11-6-5-10(2)12(14)9-11/h5-6,9,15H,3-4,7-8H2,1-2H3,(H2,16,17,18). The van der Waals surface area contributed by atoms with Crippen LogP contribution in [0.5, 0.6) is 0 Å². The molecule has 0 aromatic heterocycles. The maximum atomic E-state index is 11.6. The van der Waals surface area contributed by atoms with Crippen LogP contribution >= 0.6 is 11.6 Å². The highest BCUT2D eigenvalue weighted by molar-refractivity contribution is 6.31. The third-order valence-electron chi connectivity index (χ3n) is 2.50. The van der Waals surface area contributed by atoms with E-state index >= 15 is 0 Å². The molecule has 0 saturated heterocycles. The largest absolute Gasteiger partial charge is 0.338 e. The maximum absolute atomic E-state index is 11.6. The molecule has 0 radical (unpaired) electrons. The van der Waals surface area contributed by atoms with Crippen LogP contribution in [0.4, 0.5) is 10.5 Å². The van der Waals surface area contributed by atoms with Gasteiger partial charge in [0.2, 0.25) is 0 Å². The number of aryl methyl sites for hydroxylation is 1. The van der Waals surface area contributed by atoms with Crippen molar-refractivity contribution in [3.05, 3.63) is 28.8 Å². The Balaban J connectivity index is 2.29. The number of hydrogen-bond donors (Lipinski definition) is 3. The molecule has 0 aliphatic heterocycles. The minimum absolute atomic E-state index is 0.202. The molecule has 0 heterocycles. The molecular formula is C13H20ClN3O. The van der Waals surface area contributed by atoms with E-state index < -0.39 is 0 Å². The van der Waals surface area contributed by atoms with Crippen molar-refractivity contribution in [2.45, 2.75) is 20.3 Å². The van der Waals surface area contributed by atoms with Gasteiger partial charge >= 0.3 is 6.03 Å². The van der Waals surface area contributed by atoms with Gasteiger partial charge in [0, 0.05) is 17.3 Å². The third-order valence-corrected chi connectivity index (χ3v) is 2.90. The Morgan fingerprint density at radius 2 is 2.11 bits per heavy atom. The summed E-state index contributed by atoms with van der Waals surface area (Å²) in [5.41, 5.74) is 1.70. The number of amides is 2. The first-order chi connectivity index (χ1) is 8.63. The molecule has 0 spiro atoms. The Labute approximate surface area is 113 Å². The number of carbonyl (C=O) groups excluding carboxylic acids is 1. The third kappa shape index (κ3) is 5.38. The van der Waals surface area contributed by atoms with Crippen LogP contribution in [-0.4, -0.2) is 25.7 Å². The second kappa shape index (κ2) is 7.95. The summed E-state index contributed by atoms with van der Waals surface area (Å²) >= 11 is 5.98. The van der Waals surface area contributed by atoms with E-state index in [9.17, 15) is 4.79 Å². The lowest BCUT2D eigenvalue weighted by Crippen LogP contribution is -2.31. The normalized spacial score (nSPS) is 10.2. The van der Waals surface area contributed by atoms with Gasteiger partial charge in [0.1, 0.15) is 0 Å². The fraction of sp³-hybridized carbons (Fsp3) is 0.462. The van der Waals surface area contributed by atoms with Crippen LogP contribution in [0.2, 0.25) is 5.02 Å². The van der Waals surface area contributed by atoms with Gasteiger partial charge in [-0.25, -0.2) is 4.79 Å². The van der Waals surface area contributed by atoms with Gasteiger partial charge in [0.15, 0.2) is 0 Å². The molecule has 1 aromatic carbocycles. The minimum Gasteiger partial charge on any atom is -0.338 e. The van der Waals surface area contributed by atoms with Crippen molar-refractivity contribution >= 4 is 23.3 Å². The Morgan fingerprint density at radius 1 is 1.33 bits per heavy atom. The Morgan fingerprint density at radius 3 is 2.78 bits per heavy atom. The van der Waals surface area contributed by atoms with Gasteiger partial charge in [-0.05, 0) is 44.1 Å². The zero-order valence-corrected chi connectivity index (χ0v) is 11.6. The Bertz CT molecular complexity index is 396. The second-order valence-electron chi connectivity index (χ2n) is 4.05. The van der Waals surface area contributed by atoms with Crippen molar-refractivity contribution < 1.29 is 4.79 Å². The quantitative estimate of drug-likeness (QED) is 0.696. The Hall–Kier alpha value is -1.26. The highest BCUT2D eigenvalue weighted by Crippen LogP contribution is 2.19. The number of carbonyl (C=O) groups is 1. The highest BCUT2D eigenvalue weighted by Gasteiger charge is 2.02. The molecule has 4 nitrogen and oxygen atoms in total. The summed E-state index contributed by atoms with van der Waals surface area (Å²) in [4.78, 5) is 11.6. The second-order valence-corrected chi connectivity index (χ2v) is 4.46. The molecule has 0 saturated carbocycles. The molecule has 1 aromatic rings. The SMILES string of the molecule is CCNCCCNC(=O)Nc1ccc(C)c(Cl)c1. The molecule has 100 valence electrons. The molecule has 0 unspecified atom stereocenters. The fourth-order valence-corrected chi connectivity index (χ4v) is 1.62. The predicted molar refractivity (Wildman–Crippen MR) is 76.4 cm³/mol. The van der Waals surface area contributed by atoms with Crippen molar-refractivity contribution in [1.82, 2.24) is 10.6 Å². The number of urea groups is 1. The number of hydrogen-bond acceptors (Lipinski definition) is 2. The average molecular weight is 270 g/mol. The fourth-order valence-electron chi connectivity index (χ4n) is 1.44. The molecule has 0 bridgehead atoms. The van der Waals surface area contributed by atoms with Crippen LogP contribution in [-0.2, 0) is 0 Å². The van der Waals surface area contributed by atoms with E-state index in [-0.39, 0.29) is 6.03 Å². The first kappa shape index (κ1) is 14.8. The van der Waals surface area contributed by atoms with E-state index in [4.69, 9.17) is 11.6 Å². The smallest absolute Gasteiger partial charge is 0.319 e. The van der Waals surface area contributed by atoms with Crippen molar-refractivity contribution in [3.8, 4) is 0 Å². The number of rotatable bonds is 6. The van der Waals surface area contributed by atoms with Gasteiger partial charge in [0.05, 0.1) is 0 Å². The van der Waals surface area contributed by atoms with Crippen molar-refractivity contribution in [2.24, 2.45) is 0 Å². The van der Waals surface area contributed by atoms with Gasteiger partial charge < -0.3 is 16.0 Å². The molecule has 0 aliphatic carbocycles. The van der Waals surface area contributed by atoms with E-state index in [1.165, 1.54) is 0 Å². The molecule has 0 aliphatic rings. The van der Waals surface area contributed by atoms with Crippen LogP contribution in [0.1, 0.15) is 18.9 Å². The number of benzene rings is 1. The summed E-state index contributed by atoms with van der Waals surface area (Å²) in [6.07, 6.45) is 0.913. The summed E-state index contributed by atoms with van der Waals surface area (Å²) in [7, 11) is 0. The number of anilines is 1. The zero-order chi connectivity index (χ0) is 13.4. The van der Waals surface area contributed by atoms with Crippen LogP contribution < -0.4 is 16.0 Å². The maximum Gasteiger partial charge on any atom is 0.319 e. The molecular weight excluding hydrogens is 250 g/mol. The van der Waals surface area contributed by atoms with E-state index in [1.54, 1.807) is 6.07 Å². The first-order valence-corrected chi connectivity index (χ1v) is 6.53. The van der Waals surface area contributed by atoms with Gasteiger partial charge in [0.25, 0.3) is 0 Å². The first-order valence-electron chi connectivity index (χ1n) is 6.15. The summed E-state index contributed by atoms with van der Waals surface area (Å²) in [5.74, 6) is 0. The van der Waals surface area contributed by atoms with Crippen LogP contribution in [0.3, 0.4) is 0 Å². The van der Waals surface area contributed by atoms with E-state index in [1.807, 2.05) is 19.1 Å². The van der Waals surface area contributed by atoms with Crippen LogP contribution in [0.15, 0.2) is 18.2 Å². The molecule has 5 heteroatoms. The lowest BCUT2D eigenvalue weighted by atomic mass is 10.2. The van der Waals surface area contributed by atoms with E-state index in [2.05, 4.69) is 22.9 Å². The van der Waals surface area contributed by atoms with Crippen molar-refractivity contribution in [2.75, 3.05) is 25.0 Å². The van der Waals surface area contributed by atoms with Gasteiger partial charge in [-0.2, -0.15) is 0 Å². The number of nitrogens with one attached hydrogen (secondary N) is 3. The summed E-state index contributed by atoms with van der Waals surface area (Å²) in [6.45, 7) is 6.49. The molecule has 0 atom stereocenters. The minimum atomic E-state index is -0.202. The van der Waals surface area contributed by atoms with Gasteiger partial charge in [-0.15, -0.1) is 0 Å². The molecule has 18 heavy (non-hydrogen) atoms. The number of halogens is 1. The highest BCUT2D eigenvalue weighted by atomic mass is 35.5. The summed E-state index contributed by atoms with van der Waals surface area (Å²) in [6, 6.07) is 5.25. The average Bonchev–Trinajstić information content (AvgIpc) is 2.34. The molecule has 3 N–H and O–H groups in total. The summed E-state index contributed by atoms with van der Waals surface area (Å²) in [5, 5.41) is 9.39. The van der Waals surface area contributed by atoms with E-state index in [0.29, 0.717) is 17.3 Å². The summed E-state index contributed by atoms with van der Waals surface area (Å²) < 4.78 is 0. The topological polar surface area (TPSA) is 53.2 Å².